The second-order valence-electron chi connectivity index (χ2n) is 3.91. The number of nitrogens with one attached hydrogen (secondary N) is 1. The molecule has 2 aromatic rings. The van der Waals surface area contributed by atoms with E-state index in [1.165, 1.54) is 0 Å². The Morgan fingerprint density at radius 3 is 2.89 bits per heavy atom. The van der Waals surface area contributed by atoms with Crippen molar-refractivity contribution >= 4 is 38.9 Å². The summed E-state index contributed by atoms with van der Waals surface area (Å²) in [5.41, 5.74) is 0.993. The summed E-state index contributed by atoms with van der Waals surface area (Å²) in [5.74, 6) is 0. The van der Waals surface area contributed by atoms with Crippen molar-refractivity contribution in [3.63, 3.8) is 0 Å². The first kappa shape index (κ1) is 14.0. The zero-order valence-electron chi connectivity index (χ0n) is 10.2. The number of aryl methyl sites for hydroxylation is 1. The Balaban J connectivity index is 2.40. The van der Waals surface area contributed by atoms with Crippen molar-refractivity contribution in [1.82, 2.24) is 20.3 Å². The molecule has 0 spiro atoms. The molecule has 4 nitrogen and oxygen atoms in total. The fourth-order valence-corrected chi connectivity index (χ4v) is 3.56. The van der Waals surface area contributed by atoms with Gasteiger partial charge >= 0.3 is 0 Å². The van der Waals surface area contributed by atoms with Gasteiger partial charge in [0.2, 0.25) is 0 Å². The molecule has 0 aliphatic rings. The third-order valence-electron chi connectivity index (χ3n) is 2.61. The van der Waals surface area contributed by atoms with Crippen molar-refractivity contribution in [1.29, 1.82) is 0 Å². The summed E-state index contributed by atoms with van der Waals surface area (Å²) in [7, 11) is 1.88. The van der Waals surface area contributed by atoms with Crippen LogP contribution in [0.15, 0.2) is 16.0 Å². The summed E-state index contributed by atoms with van der Waals surface area (Å²) in [4.78, 5) is 1.09. The first-order valence-electron chi connectivity index (χ1n) is 5.66. The monoisotopic (exact) mass is 348 g/mol. The molecule has 1 atom stereocenters. The van der Waals surface area contributed by atoms with Crippen LogP contribution < -0.4 is 5.32 Å². The van der Waals surface area contributed by atoms with Crippen LogP contribution in [0.2, 0.25) is 5.02 Å². The third kappa shape index (κ3) is 2.77. The Bertz CT molecular complexity index is 505. The summed E-state index contributed by atoms with van der Waals surface area (Å²) in [6.45, 7) is 3.05. The molecule has 0 aromatic carbocycles. The lowest BCUT2D eigenvalue weighted by Gasteiger charge is -2.18. The highest BCUT2D eigenvalue weighted by molar-refractivity contribution is 9.10. The molecule has 1 N–H and O–H groups in total. The minimum absolute atomic E-state index is 0.0202. The molecule has 2 aromatic heterocycles. The largest absolute Gasteiger partial charge is 0.304 e. The van der Waals surface area contributed by atoms with Crippen LogP contribution in [0.4, 0.5) is 0 Å². The van der Waals surface area contributed by atoms with E-state index in [0.717, 1.165) is 33.2 Å². The van der Waals surface area contributed by atoms with E-state index in [2.05, 4.69) is 38.5 Å². The van der Waals surface area contributed by atoms with Gasteiger partial charge in [0.1, 0.15) is 0 Å². The van der Waals surface area contributed by atoms with Crippen molar-refractivity contribution in [2.45, 2.75) is 19.4 Å². The average molecular weight is 350 g/mol. The van der Waals surface area contributed by atoms with Crippen LogP contribution in [-0.2, 0) is 7.05 Å². The molecule has 0 aliphatic carbocycles. The molecule has 0 bridgehead atoms. The number of aromatic nitrogens is 3. The number of halogens is 2. The maximum atomic E-state index is 6.24. The van der Waals surface area contributed by atoms with Gasteiger partial charge in [-0.05, 0) is 40.3 Å². The Hall–Kier alpha value is -0.430. The van der Waals surface area contributed by atoms with E-state index in [0.29, 0.717) is 0 Å². The number of nitrogens with zero attached hydrogens (tertiary/aromatic N) is 3. The minimum Gasteiger partial charge on any atom is -0.304 e. The lowest BCUT2D eigenvalue weighted by atomic mass is 10.1. The number of thiophene rings is 1. The molecule has 0 amide bonds. The summed E-state index contributed by atoms with van der Waals surface area (Å²) < 4.78 is 2.52. The van der Waals surface area contributed by atoms with Crippen LogP contribution in [0.1, 0.15) is 30.0 Å². The quantitative estimate of drug-likeness (QED) is 0.900. The summed E-state index contributed by atoms with van der Waals surface area (Å²) >= 11 is 11.3. The Kier molecular flexibility index (Phi) is 4.77. The zero-order valence-corrected chi connectivity index (χ0v) is 13.3. The molecule has 0 aliphatic heterocycles. The highest BCUT2D eigenvalue weighted by Gasteiger charge is 2.24. The Morgan fingerprint density at radius 1 is 1.61 bits per heavy atom. The smallest absolute Gasteiger partial charge is 0.153 e. The Morgan fingerprint density at radius 2 is 2.39 bits per heavy atom. The van der Waals surface area contributed by atoms with Crippen LogP contribution >= 0.6 is 38.9 Å². The fourth-order valence-electron chi connectivity index (χ4n) is 1.76. The third-order valence-corrected chi connectivity index (χ3v) is 4.59. The second kappa shape index (κ2) is 6.14. The predicted molar refractivity (Wildman–Crippen MR) is 78.2 cm³/mol. The van der Waals surface area contributed by atoms with Gasteiger partial charge in [-0.2, -0.15) is 0 Å². The normalized spacial score (nSPS) is 12.9. The van der Waals surface area contributed by atoms with Gasteiger partial charge in [-0.15, -0.1) is 16.4 Å². The topological polar surface area (TPSA) is 42.7 Å². The minimum atomic E-state index is 0.0202. The SMILES string of the molecule is CCCNC(c1sccc1Cl)c1c(Br)nnn1C. The van der Waals surface area contributed by atoms with Crippen LogP contribution in [0, 0.1) is 0 Å². The molecule has 0 saturated heterocycles. The molecule has 2 rings (SSSR count). The lowest BCUT2D eigenvalue weighted by molar-refractivity contribution is 0.555. The molecular weight excluding hydrogens is 336 g/mol. The first-order chi connectivity index (χ1) is 8.65. The van der Waals surface area contributed by atoms with E-state index in [1.54, 1.807) is 16.0 Å². The summed E-state index contributed by atoms with van der Waals surface area (Å²) in [5, 5.41) is 14.3. The zero-order chi connectivity index (χ0) is 13.1. The molecule has 1 unspecified atom stereocenters. The molecule has 7 heteroatoms. The van der Waals surface area contributed by atoms with Gasteiger partial charge in [-0.25, -0.2) is 4.68 Å². The van der Waals surface area contributed by atoms with Crippen molar-refractivity contribution < 1.29 is 0 Å². The summed E-state index contributed by atoms with van der Waals surface area (Å²) in [6.07, 6.45) is 1.06. The standard InChI is InChI=1S/C11H14BrClN4S/c1-3-5-14-8(10-7(13)4-6-18-10)9-11(12)15-16-17(9)2/h4,6,8,14H,3,5H2,1-2H3. The van der Waals surface area contributed by atoms with Gasteiger partial charge in [0.25, 0.3) is 0 Å². The van der Waals surface area contributed by atoms with Crippen LogP contribution in [0.25, 0.3) is 0 Å². The molecule has 98 valence electrons. The fraction of sp³-hybridized carbons (Fsp3) is 0.455. The van der Waals surface area contributed by atoms with Gasteiger partial charge in [-0.1, -0.05) is 23.7 Å². The van der Waals surface area contributed by atoms with E-state index < -0.39 is 0 Å². The van der Waals surface area contributed by atoms with Gasteiger partial charge in [0.05, 0.1) is 16.8 Å². The van der Waals surface area contributed by atoms with Crippen LogP contribution in [0.5, 0.6) is 0 Å². The van der Waals surface area contributed by atoms with Gasteiger partial charge in [-0.3, -0.25) is 0 Å². The number of rotatable bonds is 5. The van der Waals surface area contributed by atoms with Crippen molar-refractivity contribution in [3.8, 4) is 0 Å². The molecule has 0 saturated carbocycles. The van der Waals surface area contributed by atoms with Crippen molar-refractivity contribution in [2.75, 3.05) is 6.54 Å². The molecule has 18 heavy (non-hydrogen) atoms. The maximum Gasteiger partial charge on any atom is 0.153 e. The van der Waals surface area contributed by atoms with Gasteiger partial charge in [0.15, 0.2) is 4.60 Å². The average Bonchev–Trinajstić information content (AvgIpc) is 2.90. The maximum absolute atomic E-state index is 6.24. The number of hydrogen-bond donors (Lipinski definition) is 1. The van der Waals surface area contributed by atoms with Gasteiger partial charge in [0, 0.05) is 11.9 Å². The number of hydrogen-bond acceptors (Lipinski definition) is 4. The van der Waals surface area contributed by atoms with E-state index in [-0.39, 0.29) is 6.04 Å². The molecular formula is C11H14BrClN4S. The lowest BCUT2D eigenvalue weighted by Crippen LogP contribution is -2.25. The van der Waals surface area contributed by atoms with Gasteiger partial charge < -0.3 is 5.32 Å². The van der Waals surface area contributed by atoms with E-state index in [4.69, 9.17) is 11.6 Å². The molecule has 0 fully saturated rings. The van der Waals surface area contributed by atoms with Crippen molar-refractivity contribution in [3.05, 3.63) is 31.6 Å². The highest BCUT2D eigenvalue weighted by Crippen LogP contribution is 2.34. The summed E-state index contributed by atoms with van der Waals surface area (Å²) in [6, 6.07) is 1.94. The van der Waals surface area contributed by atoms with E-state index in [1.807, 2.05) is 18.5 Å². The van der Waals surface area contributed by atoms with Crippen LogP contribution in [-0.4, -0.2) is 21.5 Å². The van der Waals surface area contributed by atoms with E-state index in [9.17, 15) is 0 Å². The molecule has 2 heterocycles. The van der Waals surface area contributed by atoms with Crippen LogP contribution in [0.3, 0.4) is 0 Å². The van der Waals surface area contributed by atoms with Crippen molar-refractivity contribution in [2.24, 2.45) is 7.05 Å². The van der Waals surface area contributed by atoms with E-state index >= 15 is 0 Å². The molecule has 0 radical (unpaired) electrons. The highest BCUT2D eigenvalue weighted by atomic mass is 79.9. The second-order valence-corrected chi connectivity index (χ2v) is 6.02. The first-order valence-corrected chi connectivity index (χ1v) is 7.71. The predicted octanol–water partition coefficient (Wildman–Crippen LogP) is 3.38. The Labute approximate surface area is 123 Å².